The largest absolute Gasteiger partial charge is 0.506 e. The van der Waals surface area contributed by atoms with Gasteiger partial charge in [0.15, 0.2) is 0 Å². The van der Waals surface area contributed by atoms with E-state index in [2.05, 4.69) is 19.2 Å². The van der Waals surface area contributed by atoms with Gasteiger partial charge >= 0.3 is 0 Å². The summed E-state index contributed by atoms with van der Waals surface area (Å²) in [4.78, 5) is 15.7. The van der Waals surface area contributed by atoms with Crippen molar-refractivity contribution in [2.75, 3.05) is 23.9 Å². The molecule has 8 heteroatoms. The molecule has 1 atom stereocenters. The van der Waals surface area contributed by atoms with E-state index in [-0.39, 0.29) is 23.3 Å². The molecule has 230 valence electrons. The highest BCUT2D eigenvalue weighted by Crippen LogP contribution is 2.49. The lowest BCUT2D eigenvalue weighted by Gasteiger charge is -2.37. The van der Waals surface area contributed by atoms with Gasteiger partial charge in [0, 0.05) is 23.1 Å². The van der Waals surface area contributed by atoms with Gasteiger partial charge in [-0.15, -0.1) is 0 Å². The van der Waals surface area contributed by atoms with Crippen molar-refractivity contribution in [2.45, 2.75) is 32.9 Å². The number of ether oxygens (including phenoxy) is 3. The van der Waals surface area contributed by atoms with Gasteiger partial charge < -0.3 is 24.6 Å². The van der Waals surface area contributed by atoms with Crippen LogP contribution in [0.3, 0.4) is 0 Å². The fourth-order valence-electron chi connectivity index (χ4n) is 5.67. The molecule has 2 N–H and O–H groups in total. The maximum atomic E-state index is 16.2. The highest BCUT2D eigenvalue weighted by Gasteiger charge is 2.42. The molecule has 0 saturated heterocycles. The zero-order valence-corrected chi connectivity index (χ0v) is 25.4. The van der Waals surface area contributed by atoms with Crippen molar-refractivity contribution in [1.82, 2.24) is 0 Å². The van der Waals surface area contributed by atoms with Crippen LogP contribution in [0.2, 0.25) is 0 Å². The number of nitrogens with zero attached hydrogens (tertiary/aromatic N) is 1. The summed E-state index contributed by atoms with van der Waals surface area (Å²) < 4.78 is 33.8. The summed E-state index contributed by atoms with van der Waals surface area (Å²) in [5, 5.41) is 14.3. The molecule has 0 bridgehead atoms. The third-order valence-corrected chi connectivity index (χ3v) is 7.90. The van der Waals surface area contributed by atoms with Crippen LogP contribution in [0.4, 0.5) is 15.8 Å². The number of fused-ring (bicyclic) bond motifs is 1. The topological polar surface area (TPSA) is 80.3 Å². The number of amides is 1. The van der Waals surface area contributed by atoms with Crippen molar-refractivity contribution in [2.24, 2.45) is 5.41 Å². The van der Waals surface area contributed by atoms with Gasteiger partial charge in [0.25, 0.3) is 5.91 Å². The second-order valence-corrected chi connectivity index (χ2v) is 11.9. The van der Waals surface area contributed by atoms with Crippen LogP contribution >= 0.6 is 0 Å². The molecule has 1 amide bonds. The normalized spacial score (nSPS) is 17.1. The molecule has 0 saturated carbocycles. The minimum absolute atomic E-state index is 0.0388. The number of rotatable bonds is 7. The summed E-state index contributed by atoms with van der Waals surface area (Å²) >= 11 is 0. The lowest BCUT2D eigenvalue weighted by atomic mass is 9.85. The number of carbonyl (C=O) groups excluding carboxylic acids is 1. The molecule has 0 aliphatic carbocycles. The van der Waals surface area contributed by atoms with Crippen LogP contribution in [0.25, 0.3) is 6.08 Å². The highest BCUT2D eigenvalue weighted by molar-refractivity contribution is 6.07. The quantitative estimate of drug-likeness (QED) is 0.164. The highest BCUT2D eigenvalue weighted by atomic mass is 19.1. The van der Waals surface area contributed by atoms with Crippen LogP contribution < -0.4 is 19.7 Å². The summed E-state index contributed by atoms with van der Waals surface area (Å²) in [5.41, 5.74) is 3.12. The maximum absolute atomic E-state index is 16.2. The van der Waals surface area contributed by atoms with E-state index in [1.54, 1.807) is 43.5 Å². The number of halogens is 1. The first-order valence-electron chi connectivity index (χ1n) is 14.8. The third kappa shape index (κ3) is 6.36. The molecule has 45 heavy (non-hydrogen) atoms. The molecular formula is C37H35FN2O5. The van der Waals surface area contributed by atoms with Crippen molar-refractivity contribution in [3.05, 3.63) is 131 Å². The number of phenols is 1. The lowest BCUT2D eigenvalue weighted by molar-refractivity contribution is -0.114. The molecule has 2 aliphatic heterocycles. The van der Waals surface area contributed by atoms with Crippen molar-refractivity contribution in [3.8, 4) is 17.2 Å². The fraction of sp³-hybridized carbons (Fsp3) is 0.216. The predicted octanol–water partition coefficient (Wildman–Crippen LogP) is 7.99. The zero-order valence-electron chi connectivity index (χ0n) is 25.4. The third-order valence-electron chi connectivity index (χ3n) is 7.90. The first-order valence-corrected chi connectivity index (χ1v) is 14.8. The van der Waals surface area contributed by atoms with Crippen LogP contribution in [0.1, 0.15) is 43.0 Å². The van der Waals surface area contributed by atoms with Gasteiger partial charge in [-0.05, 0) is 60.0 Å². The summed E-state index contributed by atoms with van der Waals surface area (Å²) in [6.45, 7) is 4.80. The van der Waals surface area contributed by atoms with Crippen LogP contribution in [-0.2, 0) is 16.1 Å². The van der Waals surface area contributed by atoms with Gasteiger partial charge in [0.1, 0.15) is 47.2 Å². The number of allylic oxidation sites excluding steroid dienone is 1. The van der Waals surface area contributed by atoms with Crippen LogP contribution in [0.15, 0.2) is 109 Å². The number of carbonyl (C=O) groups is 1. The average molecular weight is 607 g/mol. The molecule has 7 nitrogen and oxygen atoms in total. The Kier molecular flexibility index (Phi) is 8.22. The summed E-state index contributed by atoms with van der Waals surface area (Å²) in [7, 11) is 1.58. The minimum atomic E-state index is -0.975. The monoisotopic (exact) mass is 606 g/mol. The first-order chi connectivity index (χ1) is 21.7. The van der Waals surface area contributed by atoms with Crippen molar-refractivity contribution in [1.29, 1.82) is 0 Å². The second kappa shape index (κ2) is 12.4. The van der Waals surface area contributed by atoms with E-state index in [0.29, 0.717) is 47.4 Å². The van der Waals surface area contributed by atoms with Gasteiger partial charge in [-0.25, -0.2) is 4.39 Å². The van der Waals surface area contributed by atoms with E-state index in [4.69, 9.17) is 14.2 Å². The van der Waals surface area contributed by atoms with Crippen molar-refractivity contribution >= 4 is 23.4 Å². The molecule has 4 aromatic carbocycles. The number of anilines is 2. The van der Waals surface area contributed by atoms with Gasteiger partial charge in [-0.1, -0.05) is 62.4 Å². The van der Waals surface area contributed by atoms with Gasteiger partial charge in [0.2, 0.25) is 0 Å². The Bertz CT molecular complexity index is 1780. The molecule has 0 aromatic heterocycles. The van der Waals surface area contributed by atoms with E-state index >= 15 is 4.39 Å². The van der Waals surface area contributed by atoms with E-state index in [0.717, 1.165) is 11.1 Å². The van der Waals surface area contributed by atoms with Gasteiger partial charge in [-0.2, -0.15) is 0 Å². The summed E-state index contributed by atoms with van der Waals surface area (Å²) in [5.74, 6) is 0.418. The van der Waals surface area contributed by atoms with E-state index in [9.17, 15) is 9.90 Å². The Hall–Kier alpha value is -5.24. The molecule has 6 rings (SSSR count). The molecule has 0 fully saturated rings. The Morgan fingerprint density at radius 2 is 1.84 bits per heavy atom. The summed E-state index contributed by atoms with van der Waals surface area (Å²) in [6.07, 6.45) is 3.68. The average Bonchev–Trinajstić information content (AvgIpc) is 3.17. The van der Waals surface area contributed by atoms with Gasteiger partial charge in [-0.3, -0.25) is 9.69 Å². The number of methoxy groups -OCH3 is 1. The number of para-hydroxylation sites is 1. The fourth-order valence-corrected chi connectivity index (χ4v) is 5.67. The van der Waals surface area contributed by atoms with E-state index < -0.39 is 17.8 Å². The second-order valence-electron chi connectivity index (χ2n) is 11.9. The van der Waals surface area contributed by atoms with Crippen molar-refractivity contribution < 1.29 is 28.5 Å². The lowest BCUT2D eigenvalue weighted by Crippen LogP contribution is -2.38. The van der Waals surface area contributed by atoms with Crippen molar-refractivity contribution in [3.63, 3.8) is 0 Å². The molecule has 4 aromatic rings. The number of phenolic OH excluding ortho intramolecular Hbond substituents is 1. The molecule has 0 spiro atoms. The van der Waals surface area contributed by atoms with Crippen LogP contribution in [0, 0.1) is 11.2 Å². The number of hydrogen-bond donors (Lipinski definition) is 2. The van der Waals surface area contributed by atoms with Crippen LogP contribution in [-0.4, -0.2) is 24.7 Å². The predicted molar refractivity (Wildman–Crippen MR) is 173 cm³/mol. The van der Waals surface area contributed by atoms with E-state index in [1.807, 2.05) is 54.6 Å². The maximum Gasteiger partial charge on any atom is 0.252 e. The Labute approximate surface area is 262 Å². The van der Waals surface area contributed by atoms with Crippen LogP contribution in [0.5, 0.6) is 17.2 Å². The summed E-state index contributed by atoms with van der Waals surface area (Å²) in [6, 6.07) is 25.6. The molecule has 2 heterocycles. The Morgan fingerprint density at radius 3 is 2.62 bits per heavy atom. The smallest absolute Gasteiger partial charge is 0.252 e. The molecular weight excluding hydrogens is 571 g/mol. The Morgan fingerprint density at radius 1 is 1.04 bits per heavy atom. The molecule has 2 aliphatic rings. The standard InChI is InChI=1S/C37H35FN2O5/c1-37(2)21-30-36(45-23-37)35(28-17-16-27(20-29(28)38)44-22-25-9-5-4-6-10-25)40(31-13-8-14-32(41)34(31)39-30)33(42)18-15-24-11-7-12-26(19-24)43-3/h4-20,35,39,41H,21-23H2,1-3H3/b18-15+. The van der Waals surface area contributed by atoms with E-state index in [1.165, 1.54) is 17.0 Å². The number of hydrogen-bond acceptors (Lipinski definition) is 6. The SMILES string of the molecule is COc1cccc(/C=C/C(=O)N2c3cccc(O)c3NC3=C(OCC(C)(C)C3)C2c2ccc(OCc3ccccc3)cc2F)c1. The number of nitrogens with one attached hydrogen (secondary N) is 1. The zero-order chi connectivity index (χ0) is 31.6. The number of benzene rings is 4. The molecule has 1 unspecified atom stereocenters. The van der Waals surface area contributed by atoms with Gasteiger partial charge in [0.05, 0.1) is 25.1 Å². The minimum Gasteiger partial charge on any atom is -0.506 e. The first kappa shape index (κ1) is 29.8. The molecule has 0 radical (unpaired) electrons. The Balaban J connectivity index is 1.45. The number of aromatic hydroxyl groups is 1.